The van der Waals surface area contributed by atoms with Crippen LogP contribution in [-0.2, 0) is 0 Å². The number of rotatable bonds is 5. The second-order valence-corrected chi connectivity index (χ2v) is 3.25. The van der Waals surface area contributed by atoms with E-state index in [1.807, 2.05) is 6.92 Å². The normalized spacial score (nSPS) is 11.9. The average molecular weight is 198 g/mol. The van der Waals surface area contributed by atoms with Crippen molar-refractivity contribution in [2.24, 2.45) is 0 Å². The molecule has 0 aromatic heterocycles. The summed E-state index contributed by atoms with van der Waals surface area (Å²) in [6.45, 7) is 4.02. The first-order valence-electron chi connectivity index (χ1n) is 3.89. The van der Waals surface area contributed by atoms with E-state index in [9.17, 15) is 0 Å². The van der Waals surface area contributed by atoms with E-state index < -0.39 is 0 Å². The fraction of sp³-hybridized carbons (Fsp3) is 0.875. The summed E-state index contributed by atoms with van der Waals surface area (Å²) in [5.41, 5.74) is 0.676. The summed E-state index contributed by atoms with van der Waals surface area (Å²) in [7, 11) is 0. The Hall–Kier alpha value is 0.250. The molecule has 0 radical (unpaired) electrons. The molecule has 0 aromatic carbocycles. The summed E-state index contributed by atoms with van der Waals surface area (Å²) in [5, 5.41) is 7.32. The van der Waals surface area contributed by atoms with E-state index in [2.05, 4.69) is 6.92 Å². The predicted molar refractivity (Wildman–Crippen MR) is 54.4 cm³/mol. The topological polar surface area (TPSA) is 23.9 Å². The van der Waals surface area contributed by atoms with E-state index in [1.165, 1.54) is 12.8 Å². The summed E-state index contributed by atoms with van der Waals surface area (Å²) < 4.78 is 0. The van der Waals surface area contributed by atoms with Gasteiger partial charge in [0.25, 0.3) is 0 Å². The third kappa shape index (κ3) is 8.15. The lowest BCUT2D eigenvalue weighted by Gasteiger charge is -2.03. The number of halogens is 2. The van der Waals surface area contributed by atoms with Crippen LogP contribution >= 0.6 is 24.0 Å². The van der Waals surface area contributed by atoms with Crippen molar-refractivity contribution in [3.8, 4) is 0 Å². The monoisotopic (exact) mass is 197 g/mol. The molecule has 0 bridgehead atoms. The minimum Gasteiger partial charge on any atom is -0.308 e. The fourth-order valence-electron chi connectivity index (χ4n) is 0.764. The van der Waals surface area contributed by atoms with E-state index in [-0.39, 0.29) is 17.8 Å². The van der Waals surface area contributed by atoms with Gasteiger partial charge in [-0.2, -0.15) is 0 Å². The van der Waals surface area contributed by atoms with Gasteiger partial charge in [-0.25, -0.2) is 0 Å². The molecule has 0 aliphatic rings. The third-order valence-corrected chi connectivity index (χ3v) is 1.79. The van der Waals surface area contributed by atoms with Crippen LogP contribution in [-0.4, -0.2) is 11.1 Å². The Balaban J connectivity index is 0. The smallest absolute Gasteiger partial charge is 0.0683 e. The fourth-order valence-corrected chi connectivity index (χ4v) is 0.873. The molecule has 0 aromatic rings. The summed E-state index contributed by atoms with van der Waals surface area (Å²) in [4.78, 5) is 0. The molecule has 1 unspecified atom stereocenters. The number of alkyl halides is 1. The van der Waals surface area contributed by atoms with Crippen molar-refractivity contribution in [2.45, 2.75) is 44.9 Å². The van der Waals surface area contributed by atoms with Crippen LogP contribution in [0.3, 0.4) is 0 Å². The lowest BCUT2D eigenvalue weighted by molar-refractivity contribution is 0.736. The summed E-state index contributed by atoms with van der Waals surface area (Å²) in [6, 6.07) is 0. The average Bonchev–Trinajstić information content (AvgIpc) is 1.88. The van der Waals surface area contributed by atoms with Gasteiger partial charge in [0.2, 0.25) is 0 Å². The maximum Gasteiger partial charge on any atom is 0.0683 e. The van der Waals surface area contributed by atoms with Crippen LogP contribution in [0.25, 0.3) is 0 Å². The Morgan fingerprint density at radius 1 is 1.45 bits per heavy atom. The van der Waals surface area contributed by atoms with Crippen molar-refractivity contribution in [1.82, 2.24) is 0 Å². The lowest BCUT2D eigenvalue weighted by Crippen LogP contribution is -2.08. The Kier molecular flexibility index (Phi) is 10.5. The van der Waals surface area contributed by atoms with Gasteiger partial charge >= 0.3 is 0 Å². The first kappa shape index (κ1) is 13.8. The molecular formula is C8H17Cl2N. The van der Waals surface area contributed by atoms with Crippen LogP contribution in [0.4, 0.5) is 0 Å². The highest BCUT2D eigenvalue weighted by molar-refractivity contribution is 6.31. The minimum atomic E-state index is -0.0724. The van der Waals surface area contributed by atoms with Crippen molar-refractivity contribution in [1.29, 1.82) is 5.41 Å². The highest BCUT2D eigenvalue weighted by Crippen LogP contribution is 2.05. The van der Waals surface area contributed by atoms with Gasteiger partial charge in [-0.3, -0.25) is 0 Å². The first-order chi connectivity index (χ1) is 4.68. The summed E-state index contributed by atoms with van der Waals surface area (Å²) in [6.07, 6.45) is 4.42. The molecule has 0 aliphatic carbocycles. The van der Waals surface area contributed by atoms with Crippen LogP contribution in [0.15, 0.2) is 0 Å². The second-order valence-electron chi connectivity index (χ2n) is 2.60. The van der Waals surface area contributed by atoms with Gasteiger partial charge in [0, 0.05) is 5.71 Å². The molecule has 68 valence electrons. The SMILES string of the molecule is CCCCCC(=N)C(C)Cl.Cl. The number of nitrogens with one attached hydrogen (secondary N) is 1. The summed E-state index contributed by atoms with van der Waals surface area (Å²) >= 11 is 5.68. The molecule has 0 spiro atoms. The molecule has 0 rings (SSSR count). The van der Waals surface area contributed by atoms with E-state index in [0.717, 1.165) is 12.8 Å². The molecule has 1 atom stereocenters. The second kappa shape index (κ2) is 8.35. The zero-order valence-electron chi connectivity index (χ0n) is 7.19. The molecule has 0 heterocycles. The third-order valence-electron chi connectivity index (χ3n) is 1.53. The zero-order valence-corrected chi connectivity index (χ0v) is 8.76. The molecule has 3 heteroatoms. The Morgan fingerprint density at radius 3 is 2.36 bits per heavy atom. The van der Waals surface area contributed by atoms with E-state index in [4.69, 9.17) is 17.0 Å². The van der Waals surface area contributed by atoms with Crippen LogP contribution in [0, 0.1) is 5.41 Å². The molecule has 1 nitrogen and oxygen atoms in total. The van der Waals surface area contributed by atoms with Gasteiger partial charge in [0.05, 0.1) is 5.38 Å². The standard InChI is InChI=1S/C8H16ClN.ClH/c1-3-4-5-6-8(10)7(2)9;/h7,10H,3-6H2,1-2H3;1H. The summed E-state index contributed by atoms with van der Waals surface area (Å²) in [5.74, 6) is 0. The van der Waals surface area contributed by atoms with Gasteiger partial charge in [-0.1, -0.05) is 19.8 Å². The van der Waals surface area contributed by atoms with Crippen molar-refractivity contribution in [2.75, 3.05) is 0 Å². The van der Waals surface area contributed by atoms with Crippen molar-refractivity contribution < 1.29 is 0 Å². The zero-order chi connectivity index (χ0) is 7.98. The number of hydrogen-bond donors (Lipinski definition) is 1. The number of unbranched alkanes of at least 4 members (excludes halogenated alkanes) is 2. The van der Waals surface area contributed by atoms with Crippen LogP contribution in [0.1, 0.15) is 39.5 Å². The highest BCUT2D eigenvalue weighted by atomic mass is 35.5. The minimum absolute atomic E-state index is 0. The predicted octanol–water partition coefficient (Wildman–Crippen LogP) is 3.64. The molecule has 0 saturated carbocycles. The van der Waals surface area contributed by atoms with E-state index in [1.54, 1.807) is 0 Å². The van der Waals surface area contributed by atoms with Crippen LogP contribution < -0.4 is 0 Å². The van der Waals surface area contributed by atoms with E-state index in [0.29, 0.717) is 5.71 Å². The molecule has 0 fully saturated rings. The molecular weight excluding hydrogens is 181 g/mol. The van der Waals surface area contributed by atoms with E-state index >= 15 is 0 Å². The van der Waals surface area contributed by atoms with Gasteiger partial charge in [-0.15, -0.1) is 24.0 Å². The Labute approximate surface area is 80.4 Å². The molecule has 1 N–H and O–H groups in total. The van der Waals surface area contributed by atoms with Crippen molar-refractivity contribution in [3.63, 3.8) is 0 Å². The first-order valence-corrected chi connectivity index (χ1v) is 4.33. The molecule has 0 amide bonds. The Bertz CT molecular complexity index is 102. The van der Waals surface area contributed by atoms with Crippen LogP contribution in [0.2, 0.25) is 0 Å². The maximum absolute atomic E-state index is 7.39. The quantitative estimate of drug-likeness (QED) is 0.396. The Morgan fingerprint density at radius 2 is 2.00 bits per heavy atom. The van der Waals surface area contributed by atoms with Gasteiger partial charge < -0.3 is 5.41 Å². The van der Waals surface area contributed by atoms with Crippen molar-refractivity contribution >= 4 is 29.7 Å². The lowest BCUT2D eigenvalue weighted by atomic mass is 10.1. The van der Waals surface area contributed by atoms with Gasteiger partial charge in [0.1, 0.15) is 0 Å². The maximum atomic E-state index is 7.39. The van der Waals surface area contributed by atoms with Gasteiger partial charge in [0.15, 0.2) is 0 Å². The molecule has 0 aliphatic heterocycles. The molecule has 11 heavy (non-hydrogen) atoms. The molecule has 0 saturated heterocycles. The highest BCUT2D eigenvalue weighted by Gasteiger charge is 2.02. The largest absolute Gasteiger partial charge is 0.308 e. The van der Waals surface area contributed by atoms with Crippen LogP contribution in [0.5, 0.6) is 0 Å². The van der Waals surface area contributed by atoms with Crippen molar-refractivity contribution in [3.05, 3.63) is 0 Å². The number of hydrogen-bond acceptors (Lipinski definition) is 1. The van der Waals surface area contributed by atoms with Gasteiger partial charge in [-0.05, 0) is 19.8 Å².